The van der Waals surface area contributed by atoms with Gasteiger partial charge in [0, 0.05) is 0 Å². The van der Waals surface area contributed by atoms with Gasteiger partial charge in [-0.05, 0) is 19.8 Å². The molecule has 0 spiro atoms. The van der Waals surface area contributed by atoms with Crippen molar-refractivity contribution in [3.05, 3.63) is 17.8 Å². The third-order valence-corrected chi connectivity index (χ3v) is 5.41. The summed E-state index contributed by atoms with van der Waals surface area (Å²) < 4.78 is 29.3. The molecule has 0 bridgehead atoms. The minimum Gasteiger partial charge on any atom is -0.448 e. The maximum atomic E-state index is 12.1. The molecule has 0 amide bonds. The van der Waals surface area contributed by atoms with E-state index in [2.05, 4.69) is 4.98 Å². The average molecular weight is 243 g/mol. The molecule has 0 aliphatic heterocycles. The van der Waals surface area contributed by atoms with Gasteiger partial charge in [0.15, 0.2) is 16.2 Å². The summed E-state index contributed by atoms with van der Waals surface area (Å²) in [6.45, 7) is 1.75. The minimum atomic E-state index is -3.05. The third-order valence-electron chi connectivity index (χ3n) is 3.24. The maximum Gasteiger partial charge on any atom is 0.181 e. The fourth-order valence-electron chi connectivity index (χ4n) is 2.20. The zero-order valence-electron chi connectivity index (χ0n) is 9.48. The summed E-state index contributed by atoms with van der Waals surface area (Å²) in [4.78, 5) is 3.95. The second-order valence-electron chi connectivity index (χ2n) is 4.42. The summed E-state index contributed by atoms with van der Waals surface area (Å²) in [5.74, 6) is 0.638. The first-order valence-electron chi connectivity index (χ1n) is 5.70. The van der Waals surface area contributed by atoms with Gasteiger partial charge < -0.3 is 4.42 Å². The van der Waals surface area contributed by atoms with E-state index in [0.29, 0.717) is 11.5 Å². The van der Waals surface area contributed by atoms with Gasteiger partial charge in [-0.1, -0.05) is 19.3 Å². The standard InChI is InChI=1S/C11H17NO3S/c1-9-11(12-8-15-9)7-16(13,14)10-5-3-2-4-6-10/h8,10H,2-7H2,1H3. The van der Waals surface area contributed by atoms with E-state index in [4.69, 9.17) is 4.42 Å². The Morgan fingerprint density at radius 2 is 2.06 bits per heavy atom. The number of hydrogen-bond donors (Lipinski definition) is 0. The molecule has 0 N–H and O–H groups in total. The van der Waals surface area contributed by atoms with E-state index < -0.39 is 9.84 Å². The number of sulfone groups is 1. The molecular formula is C11H17NO3S. The second-order valence-corrected chi connectivity index (χ2v) is 6.70. The zero-order chi connectivity index (χ0) is 11.6. The molecule has 0 radical (unpaired) electrons. The first-order chi connectivity index (χ1) is 7.59. The van der Waals surface area contributed by atoms with E-state index in [1.54, 1.807) is 6.92 Å². The highest BCUT2D eigenvalue weighted by Gasteiger charge is 2.28. The van der Waals surface area contributed by atoms with E-state index in [1.165, 1.54) is 6.39 Å². The molecule has 1 saturated carbocycles. The molecule has 2 rings (SSSR count). The summed E-state index contributed by atoms with van der Waals surface area (Å²) in [5, 5.41) is -0.169. The van der Waals surface area contributed by atoms with Gasteiger partial charge in [-0.15, -0.1) is 0 Å². The Balaban J connectivity index is 2.10. The van der Waals surface area contributed by atoms with Gasteiger partial charge in [0.05, 0.1) is 16.7 Å². The fourth-order valence-corrected chi connectivity index (χ4v) is 4.15. The van der Waals surface area contributed by atoms with Crippen molar-refractivity contribution < 1.29 is 12.8 Å². The molecule has 1 aromatic heterocycles. The highest BCUT2D eigenvalue weighted by Crippen LogP contribution is 2.26. The SMILES string of the molecule is Cc1ocnc1CS(=O)(=O)C1CCCCC1. The monoisotopic (exact) mass is 243 g/mol. The summed E-state index contributed by atoms with van der Waals surface area (Å²) in [7, 11) is -3.05. The molecule has 0 atom stereocenters. The van der Waals surface area contributed by atoms with Crippen LogP contribution in [0, 0.1) is 6.92 Å². The summed E-state index contributed by atoms with van der Waals surface area (Å²) in [6.07, 6.45) is 6.14. The molecule has 0 saturated heterocycles. The van der Waals surface area contributed by atoms with Crippen LogP contribution >= 0.6 is 0 Å². The molecule has 1 aromatic rings. The molecule has 5 heteroatoms. The van der Waals surface area contributed by atoms with Crippen molar-refractivity contribution in [1.29, 1.82) is 0 Å². The molecule has 0 unspecified atom stereocenters. The van der Waals surface area contributed by atoms with Crippen molar-refractivity contribution in [3.8, 4) is 0 Å². The van der Waals surface area contributed by atoms with Crippen molar-refractivity contribution in [2.24, 2.45) is 0 Å². The zero-order valence-corrected chi connectivity index (χ0v) is 10.3. The fraction of sp³-hybridized carbons (Fsp3) is 0.727. The van der Waals surface area contributed by atoms with Crippen LogP contribution in [0.15, 0.2) is 10.8 Å². The van der Waals surface area contributed by atoms with E-state index >= 15 is 0 Å². The molecule has 4 nitrogen and oxygen atoms in total. The van der Waals surface area contributed by atoms with Crippen LogP contribution in [0.3, 0.4) is 0 Å². The lowest BCUT2D eigenvalue weighted by molar-refractivity contribution is 0.482. The summed E-state index contributed by atoms with van der Waals surface area (Å²) >= 11 is 0. The maximum absolute atomic E-state index is 12.1. The molecule has 0 aromatic carbocycles. The third kappa shape index (κ3) is 2.45. The molecule has 1 aliphatic carbocycles. The van der Waals surface area contributed by atoms with Gasteiger partial charge >= 0.3 is 0 Å². The van der Waals surface area contributed by atoms with Crippen molar-refractivity contribution in [2.75, 3.05) is 0 Å². The molecule has 90 valence electrons. The number of aryl methyl sites for hydroxylation is 1. The number of hydrogen-bond acceptors (Lipinski definition) is 4. The Morgan fingerprint density at radius 1 is 1.38 bits per heavy atom. The largest absolute Gasteiger partial charge is 0.448 e. The molecule has 16 heavy (non-hydrogen) atoms. The van der Waals surface area contributed by atoms with Crippen LogP contribution in [-0.2, 0) is 15.6 Å². The van der Waals surface area contributed by atoms with E-state index in [9.17, 15) is 8.42 Å². The predicted molar refractivity (Wildman–Crippen MR) is 60.7 cm³/mol. The van der Waals surface area contributed by atoms with Crippen molar-refractivity contribution in [3.63, 3.8) is 0 Å². The summed E-state index contributed by atoms with van der Waals surface area (Å²) in [5.41, 5.74) is 0.561. The number of rotatable bonds is 3. The topological polar surface area (TPSA) is 60.2 Å². The second kappa shape index (κ2) is 4.57. The van der Waals surface area contributed by atoms with Crippen LogP contribution < -0.4 is 0 Å². The van der Waals surface area contributed by atoms with Crippen molar-refractivity contribution in [1.82, 2.24) is 4.98 Å². The summed E-state index contributed by atoms with van der Waals surface area (Å²) in [6, 6.07) is 0. The number of nitrogens with zero attached hydrogens (tertiary/aromatic N) is 1. The van der Waals surface area contributed by atoms with E-state index in [1.807, 2.05) is 0 Å². The number of oxazole rings is 1. The van der Waals surface area contributed by atoms with Crippen molar-refractivity contribution in [2.45, 2.75) is 50.0 Å². The Morgan fingerprint density at radius 3 is 2.62 bits per heavy atom. The Kier molecular flexibility index (Phi) is 3.33. The van der Waals surface area contributed by atoms with Gasteiger partial charge in [-0.25, -0.2) is 13.4 Å². The smallest absolute Gasteiger partial charge is 0.181 e. The Bertz CT molecular complexity index is 444. The van der Waals surface area contributed by atoms with Crippen LogP contribution in [0.4, 0.5) is 0 Å². The van der Waals surface area contributed by atoms with Crippen LogP contribution in [0.5, 0.6) is 0 Å². The van der Waals surface area contributed by atoms with Crippen LogP contribution in [-0.4, -0.2) is 18.7 Å². The van der Waals surface area contributed by atoms with E-state index in [-0.39, 0.29) is 11.0 Å². The van der Waals surface area contributed by atoms with Gasteiger partial charge in [0.25, 0.3) is 0 Å². The first kappa shape index (κ1) is 11.6. The van der Waals surface area contributed by atoms with Gasteiger partial charge in [-0.3, -0.25) is 0 Å². The Labute approximate surface area is 96.0 Å². The predicted octanol–water partition coefficient (Wildman–Crippen LogP) is 2.23. The van der Waals surface area contributed by atoms with Crippen LogP contribution in [0.25, 0.3) is 0 Å². The highest BCUT2D eigenvalue weighted by atomic mass is 32.2. The lowest BCUT2D eigenvalue weighted by Gasteiger charge is -2.21. The first-order valence-corrected chi connectivity index (χ1v) is 7.41. The van der Waals surface area contributed by atoms with Gasteiger partial charge in [0.2, 0.25) is 0 Å². The van der Waals surface area contributed by atoms with Gasteiger partial charge in [0.1, 0.15) is 5.76 Å². The molecule has 1 fully saturated rings. The lowest BCUT2D eigenvalue weighted by atomic mass is 10.0. The molecular weight excluding hydrogens is 226 g/mol. The number of aromatic nitrogens is 1. The minimum absolute atomic E-state index is 0.0278. The molecule has 1 aliphatic rings. The average Bonchev–Trinajstić information content (AvgIpc) is 2.65. The highest BCUT2D eigenvalue weighted by molar-refractivity contribution is 7.91. The van der Waals surface area contributed by atoms with Crippen molar-refractivity contribution >= 4 is 9.84 Å². The van der Waals surface area contributed by atoms with E-state index in [0.717, 1.165) is 32.1 Å². The normalized spacial score (nSPS) is 18.8. The lowest BCUT2D eigenvalue weighted by Crippen LogP contribution is -2.25. The van der Waals surface area contributed by atoms with Gasteiger partial charge in [-0.2, -0.15) is 0 Å². The quantitative estimate of drug-likeness (QED) is 0.816. The molecule has 1 heterocycles. The Hall–Kier alpha value is -0.840. The van der Waals surface area contributed by atoms with Crippen LogP contribution in [0.1, 0.15) is 43.6 Å². The van der Waals surface area contributed by atoms with Crippen LogP contribution in [0.2, 0.25) is 0 Å².